The van der Waals surface area contributed by atoms with E-state index in [-0.39, 0.29) is 12.2 Å². The lowest BCUT2D eigenvalue weighted by Crippen LogP contribution is -2.34. The highest BCUT2D eigenvalue weighted by atomic mass is 16.6. The lowest BCUT2D eigenvalue weighted by molar-refractivity contribution is -0.157. The predicted molar refractivity (Wildman–Crippen MR) is 57.3 cm³/mol. The quantitative estimate of drug-likeness (QED) is 0.654. The van der Waals surface area contributed by atoms with Crippen molar-refractivity contribution in [2.75, 3.05) is 13.6 Å². The number of benzene rings is 1. The van der Waals surface area contributed by atoms with Gasteiger partial charge in [-0.3, -0.25) is 9.69 Å². The van der Waals surface area contributed by atoms with E-state index in [1.54, 1.807) is 0 Å². The zero-order chi connectivity index (χ0) is 10.8. The Morgan fingerprint density at radius 3 is 2.93 bits per heavy atom. The van der Waals surface area contributed by atoms with Gasteiger partial charge in [0, 0.05) is 19.0 Å². The van der Waals surface area contributed by atoms with Gasteiger partial charge in [0.1, 0.15) is 0 Å². The fourth-order valence-electron chi connectivity index (χ4n) is 1.96. The Kier molecular flexibility index (Phi) is 2.73. The van der Waals surface area contributed by atoms with Crippen molar-refractivity contribution in [3.63, 3.8) is 0 Å². The summed E-state index contributed by atoms with van der Waals surface area (Å²) in [5.41, 5.74) is 2.39. The van der Waals surface area contributed by atoms with E-state index in [9.17, 15) is 4.79 Å². The molecule has 0 amide bonds. The van der Waals surface area contributed by atoms with Crippen molar-refractivity contribution < 1.29 is 9.53 Å². The zero-order valence-electron chi connectivity index (χ0n) is 9.06. The van der Waals surface area contributed by atoms with Crippen LogP contribution in [0.4, 0.5) is 0 Å². The molecule has 1 aromatic carbocycles. The maximum Gasteiger partial charge on any atom is 0.304 e. The van der Waals surface area contributed by atoms with Crippen LogP contribution in [0.5, 0.6) is 0 Å². The van der Waals surface area contributed by atoms with Crippen LogP contribution in [0.3, 0.4) is 0 Å². The number of esters is 1. The van der Waals surface area contributed by atoms with Crippen molar-refractivity contribution in [2.45, 2.75) is 19.6 Å². The SMILES string of the molecule is CC(=O)OC1c2ccccc2CCN1C. The minimum absolute atomic E-state index is 0.215. The summed E-state index contributed by atoms with van der Waals surface area (Å²) in [6, 6.07) is 8.13. The molecule has 1 heterocycles. The van der Waals surface area contributed by atoms with Gasteiger partial charge < -0.3 is 4.74 Å². The van der Waals surface area contributed by atoms with Crippen LogP contribution in [-0.2, 0) is 16.0 Å². The Hall–Kier alpha value is -1.35. The lowest BCUT2D eigenvalue weighted by atomic mass is 9.99. The number of nitrogens with zero attached hydrogens (tertiary/aromatic N) is 1. The number of fused-ring (bicyclic) bond motifs is 1. The van der Waals surface area contributed by atoms with Crippen molar-refractivity contribution in [2.24, 2.45) is 0 Å². The third-order valence-electron chi connectivity index (χ3n) is 2.73. The molecule has 3 nitrogen and oxygen atoms in total. The second-order valence-electron chi connectivity index (χ2n) is 3.89. The zero-order valence-corrected chi connectivity index (χ0v) is 9.06. The normalized spacial score (nSPS) is 20.8. The molecule has 0 N–H and O–H groups in total. The molecule has 0 spiro atoms. The molecule has 1 aromatic rings. The Bertz CT molecular complexity index is 376. The van der Waals surface area contributed by atoms with E-state index in [0.29, 0.717) is 0 Å². The van der Waals surface area contributed by atoms with E-state index in [4.69, 9.17) is 4.74 Å². The Morgan fingerprint density at radius 1 is 1.47 bits per heavy atom. The van der Waals surface area contributed by atoms with E-state index in [1.165, 1.54) is 12.5 Å². The maximum atomic E-state index is 11.0. The highest BCUT2D eigenvalue weighted by Gasteiger charge is 2.26. The van der Waals surface area contributed by atoms with Gasteiger partial charge in [-0.25, -0.2) is 0 Å². The molecule has 0 bridgehead atoms. The summed E-state index contributed by atoms with van der Waals surface area (Å²) in [5.74, 6) is -0.233. The van der Waals surface area contributed by atoms with Gasteiger partial charge in [-0.1, -0.05) is 24.3 Å². The second kappa shape index (κ2) is 4.03. The smallest absolute Gasteiger partial charge is 0.304 e. The van der Waals surface area contributed by atoms with Crippen LogP contribution < -0.4 is 0 Å². The minimum Gasteiger partial charge on any atom is -0.442 e. The molecular weight excluding hydrogens is 190 g/mol. The number of likely N-dealkylation sites (N-methyl/N-ethyl adjacent to an activating group) is 1. The molecule has 1 aliphatic heterocycles. The summed E-state index contributed by atoms with van der Waals surface area (Å²) in [6.45, 7) is 2.38. The number of carbonyl (C=O) groups excluding carboxylic acids is 1. The van der Waals surface area contributed by atoms with Crippen molar-refractivity contribution in [3.8, 4) is 0 Å². The van der Waals surface area contributed by atoms with E-state index in [1.807, 2.05) is 25.2 Å². The molecule has 0 fully saturated rings. The molecular formula is C12H15NO2. The monoisotopic (exact) mass is 205 g/mol. The van der Waals surface area contributed by atoms with Crippen LogP contribution in [0.1, 0.15) is 24.3 Å². The number of carbonyl (C=O) groups is 1. The summed E-state index contributed by atoms with van der Waals surface area (Å²) in [6.07, 6.45) is 0.803. The first-order valence-corrected chi connectivity index (χ1v) is 5.14. The highest BCUT2D eigenvalue weighted by Crippen LogP contribution is 2.29. The summed E-state index contributed by atoms with van der Waals surface area (Å²) >= 11 is 0. The van der Waals surface area contributed by atoms with Gasteiger partial charge in [-0.05, 0) is 19.0 Å². The molecule has 0 saturated heterocycles. The fraction of sp³-hybridized carbons (Fsp3) is 0.417. The van der Waals surface area contributed by atoms with Gasteiger partial charge in [-0.2, -0.15) is 0 Å². The Balaban J connectivity index is 2.32. The van der Waals surface area contributed by atoms with Crippen molar-refractivity contribution in [3.05, 3.63) is 35.4 Å². The predicted octanol–water partition coefficient (Wildman–Crippen LogP) is 1.74. The molecule has 0 saturated carbocycles. The number of hydrogen-bond acceptors (Lipinski definition) is 3. The van der Waals surface area contributed by atoms with Crippen LogP contribution >= 0.6 is 0 Å². The van der Waals surface area contributed by atoms with E-state index in [2.05, 4.69) is 11.0 Å². The first kappa shape index (κ1) is 10.2. The minimum atomic E-state index is -0.233. The average Bonchev–Trinajstić information content (AvgIpc) is 2.22. The molecule has 15 heavy (non-hydrogen) atoms. The van der Waals surface area contributed by atoms with E-state index in [0.717, 1.165) is 18.5 Å². The summed E-state index contributed by atoms with van der Waals surface area (Å²) in [5, 5.41) is 0. The van der Waals surface area contributed by atoms with Gasteiger partial charge >= 0.3 is 5.97 Å². The largest absolute Gasteiger partial charge is 0.442 e. The molecule has 0 radical (unpaired) electrons. The standard InChI is InChI=1S/C12H15NO2/c1-9(14)15-12-11-6-4-3-5-10(11)7-8-13(12)2/h3-6,12H,7-8H2,1-2H3. The van der Waals surface area contributed by atoms with E-state index < -0.39 is 0 Å². The van der Waals surface area contributed by atoms with Crippen LogP contribution in [0.2, 0.25) is 0 Å². The van der Waals surface area contributed by atoms with Crippen LogP contribution in [0.15, 0.2) is 24.3 Å². The molecule has 2 rings (SSSR count). The van der Waals surface area contributed by atoms with Gasteiger partial charge in [0.2, 0.25) is 0 Å². The lowest BCUT2D eigenvalue weighted by Gasteiger charge is -2.33. The molecule has 0 aromatic heterocycles. The van der Waals surface area contributed by atoms with Gasteiger partial charge in [0.15, 0.2) is 6.23 Å². The second-order valence-corrected chi connectivity index (χ2v) is 3.89. The molecule has 0 aliphatic carbocycles. The van der Waals surface area contributed by atoms with Crippen LogP contribution in [-0.4, -0.2) is 24.5 Å². The van der Waals surface area contributed by atoms with Crippen molar-refractivity contribution in [1.29, 1.82) is 0 Å². The summed E-state index contributed by atoms with van der Waals surface area (Å²) < 4.78 is 5.32. The van der Waals surface area contributed by atoms with Gasteiger partial charge in [0.05, 0.1) is 0 Å². The Labute approximate surface area is 89.7 Å². The number of hydrogen-bond donors (Lipinski definition) is 0. The van der Waals surface area contributed by atoms with Crippen LogP contribution in [0, 0.1) is 0 Å². The fourth-order valence-corrected chi connectivity index (χ4v) is 1.96. The number of ether oxygens (including phenoxy) is 1. The molecule has 80 valence electrons. The van der Waals surface area contributed by atoms with Crippen LogP contribution in [0.25, 0.3) is 0 Å². The maximum absolute atomic E-state index is 11.0. The molecule has 3 heteroatoms. The third-order valence-corrected chi connectivity index (χ3v) is 2.73. The summed E-state index contributed by atoms with van der Waals surface area (Å²) in [7, 11) is 1.98. The van der Waals surface area contributed by atoms with E-state index >= 15 is 0 Å². The van der Waals surface area contributed by atoms with Crippen molar-refractivity contribution >= 4 is 5.97 Å². The first-order valence-electron chi connectivity index (χ1n) is 5.14. The molecule has 1 aliphatic rings. The van der Waals surface area contributed by atoms with Gasteiger partial charge in [0.25, 0.3) is 0 Å². The van der Waals surface area contributed by atoms with Gasteiger partial charge in [-0.15, -0.1) is 0 Å². The number of rotatable bonds is 1. The topological polar surface area (TPSA) is 29.5 Å². The molecule has 1 unspecified atom stereocenters. The Morgan fingerprint density at radius 2 is 2.20 bits per heavy atom. The highest BCUT2D eigenvalue weighted by molar-refractivity contribution is 5.66. The average molecular weight is 205 g/mol. The molecule has 1 atom stereocenters. The first-order chi connectivity index (χ1) is 7.18. The summed E-state index contributed by atoms with van der Waals surface area (Å²) in [4.78, 5) is 13.1. The third kappa shape index (κ3) is 2.02. The van der Waals surface area contributed by atoms with Crippen molar-refractivity contribution in [1.82, 2.24) is 4.90 Å².